The summed E-state index contributed by atoms with van der Waals surface area (Å²) in [4.78, 5) is 7.25. The summed E-state index contributed by atoms with van der Waals surface area (Å²) in [6, 6.07) is 9.82. The number of halogens is 1. The second kappa shape index (κ2) is 5.00. The summed E-state index contributed by atoms with van der Waals surface area (Å²) in [6.07, 6.45) is 2.91. The molecule has 0 aliphatic carbocycles. The molecule has 1 aromatic carbocycles. The van der Waals surface area contributed by atoms with Crippen LogP contribution in [-0.4, -0.2) is 28.6 Å². The topological polar surface area (TPSA) is 88.6 Å². The average molecular weight is 345 g/mol. The Kier molecular flexibility index (Phi) is 3.07. The van der Waals surface area contributed by atoms with Gasteiger partial charge in [-0.05, 0) is 18.2 Å². The smallest absolute Gasteiger partial charge is 0.208 e. The fraction of sp³-hybridized carbons (Fsp3) is 0. The van der Waals surface area contributed by atoms with E-state index in [1.54, 1.807) is 42.6 Å². The van der Waals surface area contributed by atoms with Crippen molar-refractivity contribution >= 4 is 43.5 Å². The minimum Gasteiger partial charge on any atom is -0.345 e. The van der Waals surface area contributed by atoms with Crippen LogP contribution in [0, 0.1) is 0 Å². The van der Waals surface area contributed by atoms with E-state index in [0.29, 0.717) is 21.4 Å². The van der Waals surface area contributed by atoms with Crippen LogP contribution in [0.2, 0.25) is 5.02 Å². The van der Waals surface area contributed by atoms with Gasteiger partial charge in [0.2, 0.25) is 9.84 Å². The molecule has 0 saturated heterocycles. The zero-order chi connectivity index (χ0) is 16.0. The number of H-pyrrole nitrogens is 1. The molecule has 3 heterocycles. The van der Waals surface area contributed by atoms with E-state index in [1.807, 2.05) is 0 Å². The maximum absolute atomic E-state index is 12.9. The van der Waals surface area contributed by atoms with Gasteiger partial charge in [0.05, 0.1) is 20.7 Å². The van der Waals surface area contributed by atoms with Crippen LogP contribution in [0.4, 0.5) is 0 Å². The lowest BCUT2D eigenvalue weighted by molar-refractivity contribution is 0.597. The summed E-state index contributed by atoms with van der Waals surface area (Å²) >= 11 is 6.25. The Labute approximate surface area is 136 Å². The minimum absolute atomic E-state index is 0.0695. The lowest BCUT2D eigenvalue weighted by Gasteiger charge is -2.05. The SMILES string of the molecule is O=S(=O)(c1ccccc1)c1cnc2nnc3[nH]ccc(Cl)c3c12. The highest BCUT2D eigenvalue weighted by molar-refractivity contribution is 7.91. The van der Waals surface area contributed by atoms with Gasteiger partial charge >= 0.3 is 0 Å². The van der Waals surface area contributed by atoms with Crippen LogP contribution in [0.15, 0.2) is 58.6 Å². The summed E-state index contributed by atoms with van der Waals surface area (Å²) in [5.41, 5.74) is 0.649. The number of nitrogens with one attached hydrogen (secondary N) is 1. The summed E-state index contributed by atoms with van der Waals surface area (Å²) in [5.74, 6) is 0. The molecule has 0 saturated carbocycles. The number of nitrogens with zero attached hydrogens (tertiary/aromatic N) is 3. The fourth-order valence-electron chi connectivity index (χ4n) is 2.48. The third-order valence-electron chi connectivity index (χ3n) is 3.54. The zero-order valence-corrected chi connectivity index (χ0v) is 13.1. The number of aromatic nitrogens is 4. The third-order valence-corrected chi connectivity index (χ3v) is 5.63. The molecule has 0 unspecified atom stereocenters. The molecule has 23 heavy (non-hydrogen) atoms. The van der Waals surface area contributed by atoms with Crippen molar-refractivity contribution in [3.8, 4) is 0 Å². The van der Waals surface area contributed by atoms with Gasteiger partial charge in [0.1, 0.15) is 4.90 Å². The van der Waals surface area contributed by atoms with E-state index >= 15 is 0 Å². The highest BCUT2D eigenvalue weighted by atomic mass is 35.5. The Bertz CT molecular complexity index is 1140. The lowest BCUT2D eigenvalue weighted by atomic mass is 10.2. The summed E-state index contributed by atoms with van der Waals surface area (Å²) < 4.78 is 25.8. The number of hydrogen-bond donors (Lipinski definition) is 1. The highest BCUT2D eigenvalue weighted by Crippen LogP contribution is 2.34. The van der Waals surface area contributed by atoms with Crippen LogP contribution in [-0.2, 0) is 9.84 Å². The van der Waals surface area contributed by atoms with Gasteiger partial charge in [-0.25, -0.2) is 13.4 Å². The van der Waals surface area contributed by atoms with Gasteiger partial charge in [0, 0.05) is 12.4 Å². The van der Waals surface area contributed by atoms with E-state index in [-0.39, 0.29) is 15.4 Å². The first-order valence-electron chi connectivity index (χ1n) is 6.67. The Balaban J connectivity index is 2.14. The number of sulfone groups is 1. The number of benzene rings is 1. The standard InChI is InChI=1S/C15H9ClN4O2S/c16-10-6-7-17-14-12(10)13-11(8-18-15(13)20-19-14)23(21,22)9-4-2-1-3-5-9/h1-8H,(H,17,19). The molecule has 0 fully saturated rings. The largest absolute Gasteiger partial charge is 0.345 e. The van der Waals surface area contributed by atoms with Crippen LogP contribution in [0.1, 0.15) is 0 Å². The molecule has 0 bridgehead atoms. The van der Waals surface area contributed by atoms with Crippen LogP contribution >= 0.6 is 11.6 Å². The Morgan fingerprint density at radius 2 is 1.78 bits per heavy atom. The lowest BCUT2D eigenvalue weighted by Crippen LogP contribution is -2.01. The predicted octanol–water partition coefficient (Wildman–Crippen LogP) is 2.99. The Morgan fingerprint density at radius 1 is 1.00 bits per heavy atom. The number of fused-ring (bicyclic) bond motifs is 3. The van der Waals surface area contributed by atoms with Gasteiger partial charge in [-0.2, -0.15) is 0 Å². The van der Waals surface area contributed by atoms with Crippen LogP contribution in [0.3, 0.4) is 0 Å². The first-order valence-corrected chi connectivity index (χ1v) is 8.53. The van der Waals surface area contributed by atoms with Crippen LogP contribution in [0.5, 0.6) is 0 Å². The second-order valence-corrected chi connectivity index (χ2v) is 7.21. The molecule has 0 amide bonds. The molecule has 114 valence electrons. The molecular formula is C15H9ClN4O2S. The Hall–Kier alpha value is -2.51. The van der Waals surface area contributed by atoms with Gasteiger partial charge in [-0.1, -0.05) is 29.8 Å². The monoisotopic (exact) mass is 344 g/mol. The van der Waals surface area contributed by atoms with Gasteiger partial charge < -0.3 is 4.98 Å². The maximum atomic E-state index is 12.9. The first-order chi connectivity index (χ1) is 11.1. The summed E-state index contributed by atoms with van der Waals surface area (Å²) in [7, 11) is -3.73. The number of hydrogen-bond acceptors (Lipinski definition) is 5. The van der Waals surface area contributed by atoms with Crippen molar-refractivity contribution in [1.82, 2.24) is 20.2 Å². The molecule has 0 aliphatic heterocycles. The molecule has 6 nitrogen and oxygen atoms in total. The van der Waals surface area contributed by atoms with Gasteiger partial charge in [0.25, 0.3) is 0 Å². The van der Waals surface area contributed by atoms with Crippen molar-refractivity contribution < 1.29 is 8.42 Å². The minimum atomic E-state index is -3.73. The molecule has 0 aliphatic rings. The van der Waals surface area contributed by atoms with E-state index in [9.17, 15) is 8.42 Å². The molecule has 8 heteroatoms. The average Bonchev–Trinajstić information content (AvgIpc) is 3.00. The van der Waals surface area contributed by atoms with Crippen molar-refractivity contribution in [2.24, 2.45) is 0 Å². The number of rotatable bonds is 2. The van der Waals surface area contributed by atoms with Crippen LogP contribution < -0.4 is 0 Å². The summed E-state index contributed by atoms with van der Waals surface area (Å²) in [5, 5.41) is 9.21. The molecule has 0 radical (unpaired) electrons. The Morgan fingerprint density at radius 3 is 2.57 bits per heavy atom. The molecule has 1 N–H and O–H groups in total. The number of aromatic amines is 1. The first kappa shape index (κ1) is 14.1. The van der Waals surface area contributed by atoms with E-state index < -0.39 is 9.84 Å². The molecule has 0 spiro atoms. The normalized spacial score (nSPS) is 12.0. The quantitative estimate of drug-likeness (QED) is 0.604. The fourth-order valence-corrected chi connectivity index (χ4v) is 4.15. The second-order valence-electron chi connectivity index (χ2n) is 4.89. The van der Waals surface area contributed by atoms with Gasteiger partial charge in [-0.15, -0.1) is 10.2 Å². The van der Waals surface area contributed by atoms with Crippen molar-refractivity contribution in [2.75, 3.05) is 0 Å². The van der Waals surface area contributed by atoms with Gasteiger partial charge in [-0.3, -0.25) is 0 Å². The zero-order valence-electron chi connectivity index (χ0n) is 11.6. The van der Waals surface area contributed by atoms with E-state index in [0.717, 1.165) is 0 Å². The van der Waals surface area contributed by atoms with Crippen molar-refractivity contribution in [1.29, 1.82) is 0 Å². The van der Waals surface area contributed by atoms with E-state index in [2.05, 4.69) is 20.2 Å². The molecular weight excluding hydrogens is 336 g/mol. The van der Waals surface area contributed by atoms with Gasteiger partial charge in [0.15, 0.2) is 11.3 Å². The summed E-state index contributed by atoms with van der Waals surface area (Å²) in [6.45, 7) is 0. The molecule has 4 aromatic rings. The van der Waals surface area contributed by atoms with E-state index in [1.165, 1.54) is 6.20 Å². The number of pyridine rings is 1. The highest BCUT2D eigenvalue weighted by Gasteiger charge is 2.25. The molecule has 4 rings (SSSR count). The van der Waals surface area contributed by atoms with Crippen LogP contribution in [0.25, 0.3) is 22.1 Å². The molecule has 3 aromatic heterocycles. The van der Waals surface area contributed by atoms with Crippen molar-refractivity contribution in [3.63, 3.8) is 0 Å². The third kappa shape index (κ3) is 2.08. The van der Waals surface area contributed by atoms with Crippen molar-refractivity contribution in [3.05, 3.63) is 53.8 Å². The van der Waals surface area contributed by atoms with Crippen molar-refractivity contribution in [2.45, 2.75) is 9.79 Å². The molecule has 0 atom stereocenters. The maximum Gasteiger partial charge on any atom is 0.208 e. The van der Waals surface area contributed by atoms with E-state index in [4.69, 9.17) is 11.6 Å². The predicted molar refractivity (Wildman–Crippen MR) is 86.1 cm³/mol.